The molecule has 5 nitrogen and oxygen atoms in total. The highest BCUT2D eigenvalue weighted by Crippen LogP contribution is 2.20. The van der Waals surface area contributed by atoms with Crippen LogP contribution in [-0.2, 0) is 9.59 Å². The summed E-state index contributed by atoms with van der Waals surface area (Å²) >= 11 is 5.82. The Kier molecular flexibility index (Phi) is 4.98. The lowest BCUT2D eigenvalue weighted by Crippen LogP contribution is -2.50. The van der Waals surface area contributed by atoms with Crippen molar-refractivity contribution >= 4 is 29.2 Å². The van der Waals surface area contributed by atoms with Crippen LogP contribution in [0.3, 0.4) is 0 Å². The molecule has 0 aliphatic carbocycles. The maximum atomic E-state index is 12.5. The number of nitrogens with one attached hydrogen (secondary N) is 1. The van der Waals surface area contributed by atoms with E-state index in [4.69, 9.17) is 16.7 Å². The van der Waals surface area contributed by atoms with Crippen LogP contribution < -0.4 is 10.2 Å². The highest BCUT2D eigenvalue weighted by Gasteiger charge is 2.27. The molecule has 0 radical (unpaired) electrons. The van der Waals surface area contributed by atoms with E-state index in [9.17, 15) is 9.59 Å². The minimum atomic E-state index is -1.04. The molecule has 2 N–H and O–H groups in total. The second kappa shape index (κ2) is 6.72. The number of halogens is 1. The molecule has 1 amide bonds. The number of hydrogen-bond donors (Lipinski definition) is 2. The lowest BCUT2D eigenvalue weighted by Gasteiger charge is -2.29. The van der Waals surface area contributed by atoms with Crippen LogP contribution in [0.15, 0.2) is 24.3 Å². The summed E-state index contributed by atoms with van der Waals surface area (Å²) in [6.45, 7) is 0.441. The van der Waals surface area contributed by atoms with E-state index < -0.39 is 5.97 Å². The largest absolute Gasteiger partial charge is 0.480 e. The molecule has 0 unspecified atom stereocenters. The van der Waals surface area contributed by atoms with E-state index in [1.807, 2.05) is 0 Å². The van der Waals surface area contributed by atoms with E-state index >= 15 is 0 Å². The molecule has 1 saturated heterocycles. The standard InChI is InChI=1S/C14H17ClN2O3/c15-10-4-6-11(7-5-10)17(9-13(18)19)14(20)12-3-1-2-8-16-12/h4-7,12,16H,1-3,8-9H2,(H,18,19)/t12-/m1/s1. The number of carboxylic acid groups (broad SMARTS) is 1. The van der Waals surface area contributed by atoms with Crippen LogP contribution >= 0.6 is 11.6 Å². The van der Waals surface area contributed by atoms with Gasteiger partial charge in [0.25, 0.3) is 0 Å². The van der Waals surface area contributed by atoms with E-state index in [-0.39, 0.29) is 18.5 Å². The van der Waals surface area contributed by atoms with Crippen molar-refractivity contribution in [2.24, 2.45) is 0 Å². The van der Waals surface area contributed by atoms with Crippen LogP contribution in [0.2, 0.25) is 5.02 Å². The van der Waals surface area contributed by atoms with Crippen molar-refractivity contribution in [2.45, 2.75) is 25.3 Å². The molecule has 1 fully saturated rings. The van der Waals surface area contributed by atoms with E-state index in [2.05, 4.69) is 5.32 Å². The summed E-state index contributed by atoms with van der Waals surface area (Å²) in [5, 5.41) is 12.7. The van der Waals surface area contributed by atoms with Crippen molar-refractivity contribution in [3.63, 3.8) is 0 Å². The fourth-order valence-corrected chi connectivity index (χ4v) is 2.43. The van der Waals surface area contributed by atoms with Gasteiger partial charge in [0, 0.05) is 10.7 Å². The molecule has 20 heavy (non-hydrogen) atoms. The first kappa shape index (κ1) is 14.8. The zero-order chi connectivity index (χ0) is 14.5. The Morgan fingerprint density at radius 2 is 2.00 bits per heavy atom. The Bertz CT molecular complexity index is 484. The molecular weight excluding hydrogens is 280 g/mol. The van der Waals surface area contributed by atoms with Gasteiger partial charge in [-0.1, -0.05) is 18.0 Å². The number of piperidine rings is 1. The Labute approximate surface area is 122 Å². The molecular formula is C14H17ClN2O3. The Morgan fingerprint density at radius 1 is 1.30 bits per heavy atom. The molecule has 6 heteroatoms. The summed E-state index contributed by atoms with van der Waals surface area (Å²) in [6, 6.07) is 6.30. The average molecular weight is 297 g/mol. The monoisotopic (exact) mass is 296 g/mol. The van der Waals surface area contributed by atoms with Gasteiger partial charge in [-0.25, -0.2) is 0 Å². The number of carbonyl (C=O) groups excluding carboxylic acids is 1. The topological polar surface area (TPSA) is 69.6 Å². The van der Waals surface area contributed by atoms with Gasteiger partial charge in [-0.15, -0.1) is 0 Å². The van der Waals surface area contributed by atoms with Crippen molar-refractivity contribution in [1.82, 2.24) is 5.32 Å². The van der Waals surface area contributed by atoms with Crippen molar-refractivity contribution < 1.29 is 14.7 Å². The predicted molar refractivity (Wildman–Crippen MR) is 77.1 cm³/mol. The van der Waals surface area contributed by atoms with Gasteiger partial charge in [-0.3, -0.25) is 14.5 Å². The van der Waals surface area contributed by atoms with Crippen molar-refractivity contribution in [3.05, 3.63) is 29.3 Å². The second-order valence-corrected chi connectivity index (χ2v) is 5.23. The summed E-state index contributed by atoms with van der Waals surface area (Å²) in [4.78, 5) is 24.8. The highest BCUT2D eigenvalue weighted by molar-refractivity contribution is 6.30. The van der Waals surface area contributed by atoms with Crippen LogP contribution in [0.25, 0.3) is 0 Å². The number of aliphatic carboxylic acids is 1. The summed E-state index contributed by atoms with van der Waals surface area (Å²) < 4.78 is 0. The summed E-state index contributed by atoms with van der Waals surface area (Å²) in [5.74, 6) is -1.24. The molecule has 0 saturated carbocycles. The molecule has 108 valence electrons. The number of rotatable bonds is 4. The molecule has 1 aliphatic heterocycles. The molecule has 1 aliphatic rings. The molecule has 1 atom stereocenters. The predicted octanol–water partition coefficient (Wildman–Crippen LogP) is 1.90. The number of hydrogen-bond acceptors (Lipinski definition) is 3. The van der Waals surface area contributed by atoms with E-state index in [1.165, 1.54) is 4.90 Å². The third-order valence-corrected chi connectivity index (χ3v) is 3.56. The SMILES string of the molecule is O=C(O)CN(C(=O)[C@H]1CCCCN1)c1ccc(Cl)cc1. The zero-order valence-corrected chi connectivity index (χ0v) is 11.8. The number of amides is 1. The Balaban J connectivity index is 2.19. The first-order valence-corrected chi connectivity index (χ1v) is 6.98. The summed E-state index contributed by atoms with van der Waals surface area (Å²) in [7, 11) is 0. The summed E-state index contributed by atoms with van der Waals surface area (Å²) in [5.41, 5.74) is 0.550. The lowest BCUT2D eigenvalue weighted by atomic mass is 10.0. The molecule has 1 heterocycles. The molecule has 0 spiro atoms. The number of carbonyl (C=O) groups is 2. The van der Waals surface area contributed by atoms with Gasteiger partial charge in [0.05, 0.1) is 6.04 Å². The zero-order valence-electron chi connectivity index (χ0n) is 11.0. The number of nitrogens with zero attached hydrogens (tertiary/aromatic N) is 1. The molecule has 0 aromatic heterocycles. The molecule has 0 bridgehead atoms. The van der Waals surface area contributed by atoms with Crippen LogP contribution in [0.4, 0.5) is 5.69 Å². The van der Waals surface area contributed by atoms with Gasteiger partial charge in [-0.05, 0) is 43.7 Å². The van der Waals surface area contributed by atoms with Gasteiger partial charge >= 0.3 is 5.97 Å². The Morgan fingerprint density at radius 3 is 2.55 bits per heavy atom. The highest BCUT2D eigenvalue weighted by atomic mass is 35.5. The maximum Gasteiger partial charge on any atom is 0.323 e. The second-order valence-electron chi connectivity index (χ2n) is 4.80. The minimum Gasteiger partial charge on any atom is -0.480 e. The van der Waals surface area contributed by atoms with Crippen LogP contribution in [0.1, 0.15) is 19.3 Å². The third kappa shape index (κ3) is 3.71. The Hall–Kier alpha value is -1.59. The maximum absolute atomic E-state index is 12.5. The van der Waals surface area contributed by atoms with E-state index in [1.54, 1.807) is 24.3 Å². The molecule has 1 aromatic carbocycles. The average Bonchev–Trinajstić information content (AvgIpc) is 2.46. The van der Waals surface area contributed by atoms with E-state index in [0.29, 0.717) is 10.7 Å². The van der Waals surface area contributed by atoms with Gasteiger partial charge < -0.3 is 10.4 Å². The fraction of sp³-hybridized carbons (Fsp3) is 0.429. The normalized spacial score (nSPS) is 18.6. The first-order chi connectivity index (χ1) is 9.58. The first-order valence-electron chi connectivity index (χ1n) is 6.60. The van der Waals surface area contributed by atoms with Crippen molar-refractivity contribution in [1.29, 1.82) is 0 Å². The van der Waals surface area contributed by atoms with Crippen molar-refractivity contribution in [3.8, 4) is 0 Å². The van der Waals surface area contributed by atoms with Crippen LogP contribution in [0, 0.1) is 0 Å². The van der Waals surface area contributed by atoms with Gasteiger partial charge in [-0.2, -0.15) is 0 Å². The fourth-order valence-electron chi connectivity index (χ4n) is 2.30. The number of carboxylic acids is 1. The van der Waals surface area contributed by atoms with Gasteiger partial charge in [0.2, 0.25) is 5.91 Å². The summed E-state index contributed by atoms with van der Waals surface area (Å²) in [6.07, 6.45) is 2.76. The number of anilines is 1. The quantitative estimate of drug-likeness (QED) is 0.890. The smallest absolute Gasteiger partial charge is 0.323 e. The molecule has 2 rings (SSSR count). The molecule has 1 aromatic rings. The number of benzene rings is 1. The third-order valence-electron chi connectivity index (χ3n) is 3.31. The van der Waals surface area contributed by atoms with Gasteiger partial charge in [0.15, 0.2) is 0 Å². The van der Waals surface area contributed by atoms with E-state index in [0.717, 1.165) is 25.8 Å². The van der Waals surface area contributed by atoms with Gasteiger partial charge in [0.1, 0.15) is 6.54 Å². The van der Waals surface area contributed by atoms with Crippen LogP contribution in [0.5, 0.6) is 0 Å². The lowest BCUT2D eigenvalue weighted by molar-refractivity contribution is -0.137. The van der Waals surface area contributed by atoms with Crippen molar-refractivity contribution in [2.75, 3.05) is 18.0 Å². The van der Waals surface area contributed by atoms with Crippen LogP contribution in [-0.4, -0.2) is 36.1 Å². The minimum absolute atomic E-state index is 0.200.